The number of rotatable bonds is 1. The SMILES string of the molecule is C=C[SiH2][SeH]. The van der Waals surface area contributed by atoms with E-state index in [1.54, 1.807) is 0 Å². The van der Waals surface area contributed by atoms with E-state index in [9.17, 15) is 0 Å². The van der Waals surface area contributed by atoms with Crippen LogP contribution in [0, 0.1) is 0 Å². The second kappa shape index (κ2) is 3.48. The van der Waals surface area contributed by atoms with Crippen LogP contribution in [-0.2, 0) is 0 Å². The standard InChI is InChI=1S/C2H6SeSi/c1-2-4-3/h2-3H,1,4H2. The predicted molar refractivity (Wildman–Crippen MR) is 25.9 cm³/mol. The first-order chi connectivity index (χ1) is 1.91. The summed E-state index contributed by atoms with van der Waals surface area (Å²) in [4.78, 5) is 0. The third-order valence-electron chi connectivity index (χ3n) is 0.129. The van der Waals surface area contributed by atoms with Crippen molar-refractivity contribution in [1.82, 2.24) is 0 Å². The van der Waals surface area contributed by atoms with Gasteiger partial charge >= 0.3 is 35.8 Å². The fourth-order valence-electron chi connectivity index (χ4n) is 0. The molecular weight excluding hydrogens is 131 g/mol. The molecule has 0 N–H and O–H groups in total. The summed E-state index contributed by atoms with van der Waals surface area (Å²) in [7, 11) is 0.126. The minimum atomic E-state index is 0.126. The third-order valence-corrected chi connectivity index (χ3v) is 2.01. The van der Waals surface area contributed by atoms with Gasteiger partial charge in [0.25, 0.3) is 0 Å². The quantitative estimate of drug-likeness (QED) is 0.411. The Labute approximate surface area is 36.4 Å². The Balaban J connectivity index is 2.30. The maximum absolute atomic E-state index is 3.53. The molecule has 0 amide bonds. The maximum atomic E-state index is 3.53. The van der Waals surface area contributed by atoms with E-state index in [-0.39, 0.29) is 8.13 Å². The Morgan fingerprint density at radius 2 is 2.25 bits per heavy atom. The molecule has 2 heteroatoms. The van der Waals surface area contributed by atoms with Crippen LogP contribution in [0.3, 0.4) is 0 Å². The van der Waals surface area contributed by atoms with Crippen molar-refractivity contribution in [2.45, 2.75) is 0 Å². The summed E-state index contributed by atoms with van der Waals surface area (Å²) < 4.78 is 0. The van der Waals surface area contributed by atoms with Crippen LogP contribution in [0.1, 0.15) is 0 Å². The van der Waals surface area contributed by atoms with Crippen molar-refractivity contribution in [3.63, 3.8) is 0 Å². The molecule has 0 aromatic rings. The normalized spacial score (nSPS) is 9.25. The molecule has 0 saturated heterocycles. The van der Waals surface area contributed by atoms with Gasteiger partial charge < -0.3 is 0 Å². The van der Waals surface area contributed by atoms with E-state index in [4.69, 9.17) is 0 Å². The average molecular weight is 137 g/mol. The summed E-state index contributed by atoms with van der Waals surface area (Å²) in [5.41, 5.74) is 1.99. The summed E-state index contributed by atoms with van der Waals surface area (Å²) in [5, 5.41) is 0. The van der Waals surface area contributed by atoms with Crippen molar-refractivity contribution in [2.75, 3.05) is 0 Å². The van der Waals surface area contributed by atoms with Crippen LogP contribution in [0.25, 0.3) is 0 Å². The van der Waals surface area contributed by atoms with Gasteiger partial charge in [0.05, 0.1) is 0 Å². The Bertz CT molecular complexity index is 20.0. The zero-order valence-electron chi connectivity index (χ0n) is 2.44. The van der Waals surface area contributed by atoms with Crippen molar-refractivity contribution in [3.05, 3.63) is 12.3 Å². The van der Waals surface area contributed by atoms with Crippen LogP contribution in [0.5, 0.6) is 0 Å². The molecule has 0 aromatic carbocycles. The molecule has 0 rings (SSSR count). The van der Waals surface area contributed by atoms with Gasteiger partial charge in [-0.25, -0.2) is 0 Å². The van der Waals surface area contributed by atoms with Crippen molar-refractivity contribution in [3.8, 4) is 0 Å². The predicted octanol–water partition coefficient (Wildman–Crippen LogP) is -0.886. The van der Waals surface area contributed by atoms with Gasteiger partial charge in [0.15, 0.2) is 0 Å². The molecule has 0 radical (unpaired) electrons. The van der Waals surface area contributed by atoms with Crippen LogP contribution in [0.15, 0.2) is 12.3 Å². The Morgan fingerprint density at radius 3 is 2.25 bits per heavy atom. The topological polar surface area (TPSA) is 0 Å². The van der Waals surface area contributed by atoms with E-state index >= 15 is 0 Å². The zero-order valence-corrected chi connectivity index (χ0v) is 5.73. The molecule has 0 aliphatic heterocycles. The summed E-state index contributed by atoms with van der Waals surface area (Å²) in [6.07, 6.45) is 0. The molecule has 0 atom stereocenters. The molecule has 0 bridgehead atoms. The zero-order chi connectivity index (χ0) is 3.41. The molecule has 0 saturated carbocycles. The van der Waals surface area contributed by atoms with Gasteiger partial charge in [0, 0.05) is 0 Å². The van der Waals surface area contributed by atoms with Crippen LogP contribution >= 0.6 is 0 Å². The van der Waals surface area contributed by atoms with Gasteiger partial charge in [-0.05, 0) is 0 Å². The van der Waals surface area contributed by atoms with E-state index in [1.807, 2.05) is 5.70 Å². The summed E-state index contributed by atoms with van der Waals surface area (Å²) in [6.45, 7) is 3.53. The first-order valence-corrected chi connectivity index (χ1v) is 6.56. The number of hydrogen-bond acceptors (Lipinski definition) is 0. The first-order valence-electron chi connectivity index (χ1n) is 1.13. The van der Waals surface area contributed by atoms with Gasteiger partial charge in [-0.15, -0.1) is 0 Å². The molecule has 0 spiro atoms. The van der Waals surface area contributed by atoms with Crippen molar-refractivity contribution < 1.29 is 0 Å². The van der Waals surface area contributed by atoms with E-state index in [2.05, 4.69) is 22.0 Å². The van der Waals surface area contributed by atoms with E-state index < -0.39 is 0 Å². The fraction of sp³-hybridized carbons (Fsp3) is 0. The Morgan fingerprint density at radius 1 is 2.00 bits per heavy atom. The van der Waals surface area contributed by atoms with Crippen LogP contribution < -0.4 is 0 Å². The molecular formula is C2H6SeSi. The molecule has 4 heavy (non-hydrogen) atoms. The summed E-state index contributed by atoms with van der Waals surface area (Å²) in [6, 6.07) is 0. The van der Waals surface area contributed by atoms with E-state index in [0.29, 0.717) is 0 Å². The van der Waals surface area contributed by atoms with Crippen molar-refractivity contribution >= 4 is 23.5 Å². The van der Waals surface area contributed by atoms with Gasteiger partial charge in [-0.3, -0.25) is 0 Å². The van der Waals surface area contributed by atoms with E-state index in [1.165, 1.54) is 0 Å². The summed E-state index contributed by atoms with van der Waals surface area (Å²) >= 11 is 2.56. The Hall–Kier alpha value is 0.476. The minimum absolute atomic E-state index is 0.126. The van der Waals surface area contributed by atoms with Crippen LogP contribution in [-0.4, -0.2) is 23.5 Å². The molecule has 0 nitrogen and oxygen atoms in total. The van der Waals surface area contributed by atoms with Gasteiger partial charge in [0.2, 0.25) is 0 Å². The number of hydrogen-bond donors (Lipinski definition) is 0. The molecule has 0 aliphatic rings. The van der Waals surface area contributed by atoms with Gasteiger partial charge in [-0.2, -0.15) is 0 Å². The average Bonchev–Trinajstić information content (AvgIpc) is 1.37. The first kappa shape index (κ1) is 4.48. The van der Waals surface area contributed by atoms with Gasteiger partial charge in [0.1, 0.15) is 0 Å². The molecule has 0 heterocycles. The molecule has 0 unspecified atom stereocenters. The second-order valence-electron chi connectivity index (χ2n) is 0.471. The second-order valence-corrected chi connectivity index (χ2v) is 3.71. The summed E-state index contributed by atoms with van der Waals surface area (Å²) in [5.74, 6) is 0. The van der Waals surface area contributed by atoms with E-state index in [0.717, 1.165) is 0 Å². The molecule has 24 valence electrons. The van der Waals surface area contributed by atoms with Crippen LogP contribution in [0.4, 0.5) is 0 Å². The molecule has 0 aliphatic carbocycles. The monoisotopic (exact) mass is 138 g/mol. The molecule has 0 fully saturated rings. The fourth-order valence-corrected chi connectivity index (χ4v) is 0. The Kier molecular flexibility index (Phi) is 3.89. The van der Waals surface area contributed by atoms with Gasteiger partial charge in [-0.1, -0.05) is 0 Å². The third kappa shape index (κ3) is 2.48. The van der Waals surface area contributed by atoms with Crippen LogP contribution in [0.2, 0.25) is 0 Å². The van der Waals surface area contributed by atoms with Crippen molar-refractivity contribution in [2.24, 2.45) is 0 Å². The van der Waals surface area contributed by atoms with Crippen molar-refractivity contribution in [1.29, 1.82) is 0 Å². The molecule has 0 aromatic heterocycles.